The number of carbonyl (C=O) groups is 1. The Morgan fingerprint density at radius 1 is 1.42 bits per heavy atom. The Labute approximate surface area is 164 Å². The summed E-state index contributed by atoms with van der Waals surface area (Å²) in [5.41, 5.74) is 1.00. The number of nitrogens with zero attached hydrogens (tertiary/aromatic N) is 4. The van der Waals surface area contributed by atoms with Gasteiger partial charge in [-0.3, -0.25) is 4.79 Å². The van der Waals surface area contributed by atoms with Crippen LogP contribution in [0.25, 0.3) is 0 Å². The maximum atomic E-state index is 12.3. The summed E-state index contributed by atoms with van der Waals surface area (Å²) in [5.74, 6) is 1.05. The largest absolute Gasteiger partial charge is 0.356 e. The highest BCUT2D eigenvalue weighted by Crippen LogP contribution is 2.28. The highest BCUT2D eigenvalue weighted by Gasteiger charge is 2.36. The maximum Gasteiger partial charge on any atom is 0.242 e. The molecule has 2 heterocycles. The van der Waals surface area contributed by atoms with Gasteiger partial charge in [-0.25, -0.2) is 9.98 Å². The van der Waals surface area contributed by atoms with E-state index >= 15 is 0 Å². The molecular formula is C16H26IN5OS. The topological polar surface area (TPSA) is 60.8 Å². The van der Waals surface area contributed by atoms with E-state index < -0.39 is 0 Å². The van der Waals surface area contributed by atoms with Crippen molar-refractivity contribution in [3.05, 3.63) is 16.1 Å². The molecule has 0 aromatic carbocycles. The van der Waals surface area contributed by atoms with Crippen molar-refractivity contribution < 1.29 is 4.79 Å². The lowest BCUT2D eigenvalue weighted by Gasteiger charge is -2.36. The Morgan fingerprint density at radius 3 is 2.79 bits per heavy atom. The van der Waals surface area contributed by atoms with Gasteiger partial charge in [-0.15, -0.1) is 35.3 Å². The Balaban J connectivity index is 0.00000208. The third kappa shape index (κ3) is 4.81. The molecule has 1 saturated heterocycles. The van der Waals surface area contributed by atoms with Crippen molar-refractivity contribution in [2.45, 2.75) is 45.7 Å². The van der Waals surface area contributed by atoms with Crippen molar-refractivity contribution in [1.82, 2.24) is 20.1 Å². The number of carbonyl (C=O) groups excluding carboxylic acids is 1. The number of piperazine rings is 1. The molecule has 1 N–H and O–H groups in total. The lowest BCUT2D eigenvalue weighted by Crippen LogP contribution is -2.55. The molecule has 0 atom stereocenters. The van der Waals surface area contributed by atoms with Crippen molar-refractivity contribution in [1.29, 1.82) is 0 Å². The van der Waals surface area contributed by atoms with Crippen molar-refractivity contribution in [3.63, 3.8) is 0 Å². The van der Waals surface area contributed by atoms with Gasteiger partial charge in [-0.1, -0.05) is 6.92 Å². The van der Waals surface area contributed by atoms with Crippen LogP contribution in [0.3, 0.4) is 0 Å². The van der Waals surface area contributed by atoms with Crippen LogP contribution < -0.4 is 5.32 Å². The predicted octanol–water partition coefficient (Wildman–Crippen LogP) is 2.10. The molecule has 0 radical (unpaired) electrons. The molecule has 0 unspecified atom stereocenters. The molecule has 1 aliphatic carbocycles. The molecule has 0 bridgehead atoms. The lowest BCUT2D eigenvalue weighted by molar-refractivity contribution is -0.135. The molecule has 6 nitrogen and oxygen atoms in total. The van der Waals surface area contributed by atoms with Gasteiger partial charge >= 0.3 is 0 Å². The van der Waals surface area contributed by atoms with Gasteiger partial charge in [-0.2, -0.15) is 0 Å². The number of hydrogen-bond acceptors (Lipinski definition) is 4. The fraction of sp³-hybridized carbons (Fsp3) is 0.688. The van der Waals surface area contributed by atoms with E-state index in [1.807, 2.05) is 4.90 Å². The molecular weight excluding hydrogens is 437 g/mol. The Morgan fingerprint density at radius 2 is 2.21 bits per heavy atom. The van der Waals surface area contributed by atoms with Gasteiger partial charge in [0, 0.05) is 31.1 Å². The third-order valence-corrected chi connectivity index (χ3v) is 5.21. The van der Waals surface area contributed by atoms with Gasteiger partial charge in [0.25, 0.3) is 0 Å². The highest BCUT2D eigenvalue weighted by atomic mass is 127. The summed E-state index contributed by atoms with van der Waals surface area (Å²) >= 11 is 1.69. The summed E-state index contributed by atoms with van der Waals surface area (Å²) in [6.07, 6.45) is 3.30. The Hall–Kier alpha value is -0.900. The summed E-state index contributed by atoms with van der Waals surface area (Å²) in [5, 5.41) is 6.52. The fourth-order valence-electron chi connectivity index (χ4n) is 2.81. The molecule has 2 aliphatic rings. The van der Waals surface area contributed by atoms with Crippen molar-refractivity contribution in [2.24, 2.45) is 4.99 Å². The van der Waals surface area contributed by atoms with Crippen molar-refractivity contribution in [2.75, 3.05) is 26.2 Å². The lowest BCUT2D eigenvalue weighted by atomic mass is 10.3. The second-order valence-electron chi connectivity index (χ2n) is 6.00. The van der Waals surface area contributed by atoms with Crippen molar-refractivity contribution in [3.8, 4) is 0 Å². The molecule has 1 aliphatic heterocycles. The first kappa shape index (κ1) is 19.4. The van der Waals surface area contributed by atoms with E-state index in [4.69, 9.17) is 0 Å². The van der Waals surface area contributed by atoms with Crippen LogP contribution >= 0.6 is 35.3 Å². The van der Waals surface area contributed by atoms with E-state index in [-0.39, 0.29) is 29.9 Å². The number of hydrogen-bond donors (Lipinski definition) is 1. The standard InChI is InChI=1S/C16H25N5OS.HI/c1-3-14-19-12(11-23-14)9-18-16(17-4-2)20-7-8-21(13-5-6-13)15(22)10-20;/h11,13H,3-10H2,1-2H3,(H,17,18);1H. The first-order chi connectivity index (χ1) is 11.2. The van der Waals surface area contributed by atoms with Crippen molar-refractivity contribution >= 4 is 47.2 Å². The van der Waals surface area contributed by atoms with Gasteiger partial charge in [-0.05, 0) is 26.2 Å². The average Bonchev–Trinajstić information content (AvgIpc) is 3.29. The number of aryl methyl sites for hydroxylation is 1. The number of aliphatic imine (C=N–C) groups is 1. The highest BCUT2D eigenvalue weighted by molar-refractivity contribution is 14.0. The van der Waals surface area contributed by atoms with Gasteiger partial charge < -0.3 is 15.1 Å². The van der Waals surface area contributed by atoms with Gasteiger partial charge in [0.15, 0.2) is 5.96 Å². The summed E-state index contributed by atoms with van der Waals surface area (Å²) in [6.45, 7) is 7.62. The maximum absolute atomic E-state index is 12.3. The second kappa shape index (κ2) is 8.98. The van der Waals surface area contributed by atoms with Gasteiger partial charge in [0.05, 0.1) is 23.8 Å². The second-order valence-corrected chi connectivity index (χ2v) is 6.94. The van der Waals surface area contributed by atoms with E-state index in [0.717, 1.165) is 42.7 Å². The minimum atomic E-state index is 0. The molecule has 24 heavy (non-hydrogen) atoms. The first-order valence-corrected chi connectivity index (χ1v) is 9.35. The molecule has 0 spiro atoms. The third-order valence-electron chi connectivity index (χ3n) is 4.17. The normalized spacial score (nSPS) is 18.6. The number of guanidine groups is 1. The van der Waals surface area contributed by atoms with Crippen LogP contribution in [-0.4, -0.2) is 58.9 Å². The zero-order valence-electron chi connectivity index (χ0n) is 14.3. The summed E-state index contributed by atoms with van der Waals surface area (Å²) in [7, 11) is 0. The molecule has 2 fully saturated rings. The van der Waals surface area contributed by atoms with Crippen LogP contribution in [0.5, 0.6) is 0 Å². The number of thiazole rings is 1. The minimum Gasteiger partial charge on any atom is -0.356 e. The van der Waals surface area contributed by atoms with E-state index in [9.17, 15) is 4.79 Å². The fourth-order valence-corrected chi connectivity index (χ4v) is 3.54. The van der Waals surface area contributed by atoms with Gasteiger partial charge in [0.1, 0.15) is 0 Å². The Kier molecular flexibility index (Phi) is 7.27. The number of aromatic nitrogens is 1. The van der Waals surface area contributed by atoms with Gasteiger partial charge in [0.2, 0.25) is 5.91 Å². The number of rotatable bonds is 5. The minimum absolute atomic E-state index is 0. The number of nitrogens with one attached hydrogen (secondary N) is 1. The monoisotopic (exact) mass is 463 g/mol. The molecule has 1 saturated carbocycles. The molecule has 1 aromatic rings. The molecule has 1 amide bonds. The van der Waals surface area contributed by atoms with E-state index in [0.29, 0.717) is 19.1 Å². The van der Waals surface area contributed by atoms with Crippen LogP contribution in [0.15, 0.2) is 10.4 Å². The smallest absolute Gasteiger partial charge is 0.242 e. The van der Waals surface area contributed by atoms with Crippen LogP contribution in [0.2, 0.25) is 0 Å². The SMILES string of the molecule is CCNC(=NCc1csc(CC)n1)N1CCN(C2CC2)C(=O)C1.I. The van der Waals surface area contributed by atoms with E-state index in [2.05, 4.69) is 39.4 Å². The zero-order valence-corrected chi connectivity index (χ0v) is 17.5. The molecule has 3 rings (SSSR count). The first-order valence-electron chi connectivity index (χ1n) is 8.47. The molecule has 1 aromatic heterocycles. The summed E-state index contributed by atoms with van der Waals surface area (Å²) in [4.78, 5) is 25.6. The summed E-state index contributed by atoms with van der Waals surface area (Å²) in [6, 6.07) is 0.506. The number of halogens is 1. The molecule has 134 valence electrons. The molecule has 8 heteroatoms. The quantitative estimate of drug-likeness (QED) is 0.413. The van der Waals surface area contributed by atoms with E-state index in [1.54, 1.807) is 11.3 Å². The van der Waals surface area contributed by atoms with Crippen LogP contribution in [0.4, 0.5) is 0 Å². The van der Waals surface area contributed by atoms with Crippen LogP contribution in [-0.2, 0) is 17.8 Å². The zero-order chi connectivity index (χ0) is 16.2. The van der Waals surface area contributed by atoms with E-state index in [1.165, 1.54) is 12.8 Å². The Bertz CT molecular complexity index is 587. The predicted molar refractivity (Wildman–Crippen MR) is 108 cm³/mol. The van der Waals surface area contributed by atoms with Crippen LogP contribution in [0.1, 0.15) is 37.4 Å². The average molecular weight is 463 g/mol. The van der Waals surface area contributed by atoms with Crippen LogP contribution in [0, 0.1) is 0 Å². The number of amides is 1. The summed E-state index contributed by atoms with van der Waals surface area (Å²) < 4.78 is 0.